The highest BCUT2D eigenvalue weighted by Crippen LogP contribution is 2.20. The van der Waals surface area contributed by atoms with Gasteiger partial charge < -0.3 is 10.6 Å². The first-order chi connectivity index (χ1) is 13.1. The van der Waals surface area contributed by atoms with Gasteiger partial charge in [-0.3, -0.25) is 14.3 Å². The minimum Gasteiger partial charge on any atom is -0.357 e. The summed E-state index contributed by atoms with van der Waals surface area (Å²) in [6.07, 6.45) is 6.77. The van der Waals surface area contributed by atoms with Crippen LogP contribution in [0.5, 0.6) is 0 Å². The first-order valence-electron chi connectivity index (χ1n) is 10.2. The third-order valence-electron chi connectivity index (χ3n) is 5.21. The van der Waals surface area contributed by atoms with Crippen LogP contribution in [-0.2, 0) is 6.42 Å². The third kappa shape index (κ3) is 5.19. The quantitative estimate of drug-likeness (QED) is 0.576. The van der Waals surface area contributed by atoms with Gasteiger partial charge in [0.15, 0.2) is 11.6 Å². The van der Waals surface area contributed by atoms with Crippen LogP contribution in [0.2, 0.25) is 0 Å². The highest BCUT2D eigenvalue weighted by atomic mass is 15.3. The Labute approximate surface area is 162 Å². The number of nitrogens with zero attached hydrogens (tertiary/aromatic N) is 5. The average molecular weight is 372 g/mol. The van der Waals surface area contributed by atoms with Crippen molar-refractivity contribution in [1.82, 2.24) is 30.1 Å². The van der Waals surface area contributed by atoms with Crippen molar-refractivity contribution in [3.8, 4) is 0 Å². The summed E-state index contributed by atoms with van der Waals surface area (Å²) < 4.78 is 2.03. The lowest BCUT2D eigenvalue weighted by Crippen LogP contribution is -2.49. The first kappa shape index (κ1) is 19.6. The van der Waals surface area contributed by atoms with E-state index in [9.17, 15) is 0 Å². The van der Waals surface area contributed by atoms with Gasteiger partial charge in [-0.15, -0.1) is 10.2 Å². The number of likely N-dealkylation sites (tertiary alicyclic amines) is 1. The first-order valence-corrected chi connectivity index (χ1v) is 10.2. The van der Waals surface area contributed by atoms with Gasteiger partial charge in [-0.05, 0) is 58.8 Å². The number of pyridine rings is 1. The minimum atomic E-state index is 0.0893. The minimum absolute atomic E-state index is 0.0893. The molecule has 27 heavy (non-hydrogen) atoms. The van der Waals surface area contributed by atoms with Crippen LogP contribution in [0.1, 0.15) is 45.9 Å². The fraction of sp³-hybridized carbons (Fsp3) is 0.650. The van der Waals surface area contributed by atoms with Crippen LogP contribution < -0.4 is 10.6 Å². The molecule has 3 rings (SSSR count). The number of nitrogens with one attached hydrogen (secondary N) is 2. The Morgan fingerprint density at radius 2 is 1.96 bits per heavy atom. The van der Waals surface area contributed by atoms with E-state index >= 15 is 0 Å². The maximum absolute atomic E-state index is 4.85. The lowest BCUT2D eigenvalue weighted by molar-refractivity contribution is 0.102. The summed E-state index contributed by atoms with van der Waals surface area (Å²) in [4.78, 5) is 7.43. The molecule has 0 aliphatic carbocycles. The van der Waals surface area contributed by atoms with Gasteiger partial charge in [-0.1, -0.05) is 12.5 Å². The van der Waals surface area contributed by atoms with Crippen molar-refractivity contribution in [2.24, 2.45) is 4.99 Å². The summed E-state index contributed by atoms with van der Waals surface area (Å²) in [5.74, 6) is 1.83. The molecule has 2 aromatic heterocycles. The lowest BCUT2D eigenvalue weighted by Gasteiger charge is -2.40. The third-order valence-corrected chi connectivity index (χ3v) is 5.21. The van der Waals surface area contributed by atoms with E-state index in [0.29, 0.717) is 0 Å². The molecule has 0 radical (unpaired) electrons. The Morgan fingerprint density at radius 3 is 2.74 bits per heavy atom. The van der Waals surface area contributed by atoms with Crippen molar-refractivity contribution in [3.63, 3.8) is 0 Å². The van der Waals surface area contributed by atoms with Crippen molar-refractivity contribution in [3.05, 3.63) is 30.2 Å². The van der Waals surface area contributed by atoms with Crippen LogP contribution in [0.4, 0.5) is 0 Å². The van der Waals surface area contributed by atoms with E-state index in [1.54, 1.807) is 0 Å². The zero-order chi connectivity index (χ0) is 19.1. The molecular formula is C20H33N7. The highest BCUT2D eigenvalue weighted by Gasteiger charge is 2.27. The van der Waals surface area contributed by atoms with Gasteiger partial charge in [0.05, 0.1) is 6.54 Å². The van der Waals surface area contributed by atoms with Crippen molar-refractivity contribution >= 4 is 11.6 Å². The second-order valence-electron chi connectivity index (χ2n) is 7.78. The fourth-order valence-electron chi connectivity index (χ4n) is 3.57. The zero-order valence-electron chi connectivity index (χ0n) is 16.9. The molecule has 0 unspecified atom stereocenters. The number of piperidine rings is 1. The standard InChI is InChI=1S/C20H33N7/c1-4-21-19(23-16-20(2,3)26-13-7-5-8-14-26)22-12-11-18-25-24-17-10-6-9-15-27(17)18/h6,9-10,15H,4-5,7-8,11-14,16H2,1-3H3,(H2,21,22,23). The molecule has 1 fully saturated rings. The maximum Gasteiger partial charge on any atom is 0.191 e. The fourth-order valence-corrected chi connectivity index (χ4v) is 3.57. The zero-order valence-corrected chi connectivity index (χ0v) is 16.9. The van der Waals surface area contributed by atoms with Crippen LogP contribution in [-0.4, -0.2) is 63.7 Å². The SMILES string of the molecule is CCNC(=NCC(C)(C)N1CCCCC1)NCCc1nnc2ccccn12. The summed E-state index contributed by atoms with van der Waals surface area (Å²) in [7, 11) is 0. The predicted octanol–water partition coefficient (Wildman–Crippen LogP) is 2.09. The molecular weight excluding hydrogens is 338 g/mol. The monoisotopic (exact) mass is 371 g/mol. The molecule has 0 spiro atoms. The van der Waals surface area contributed by atoms with Gasteiger partial charge in [0.2, 0.25) is 0 Å². The number of aliphatic imine (C=N–C) groups is 1. The maximum atomic E-state index is 4.85. The van der Waals surface area contributed by atoms with Crippen LogP contribution >= 0.6 is 0 Å². The molecule has 3 heterocycles. The van der Waals surface area contributed by atoms with E-state index in [1.165, 1.54) is 32.4 Å². The van der Waals surface area contributed by atoms with E-state index in [0.717, 1.165) is 43.5 Å². The summed E-state index contributed by atoms with van der Waals surface area (Å²) >= 11 is 0. The molecule has 2 aromatic rings. The molecule has 1 aliphatic rings. The van der Waals surface area contributed by atoms with Gasteiger partial charge in [0.1, 0.15) is 5.82 Å². The smallest absolute Gasteiger partial charge is 0.191 e. The van der Waals surface area contributed by atoms with Crippen LogP contribution in [0, 0.1) is 0 Å². The highest BCUT2D eigenvalue weighted by molar-refractivity contribution is 5.79. The lowest BCUT2D eigenvalue weighted by atomic mass is 9.99. The molecule has 1 aliphatic heterocycles. The number of hydrogen-bond donors (Lipinski definition) is 2. The van der Waals surface area contributed by atoms with Crippen LogP contribution in [0.25, 0.3) is 5.65 Å². The average Bonchev–Trinajstić information content (AvgIpc) is 3.10. The molecule has 0 saturated carbocycles. The van der Waals surface area contributed by atoms with Gasteiger partial charge in [0, 0.05) is 31.2 Å². The van der Waals surface area contributed by atoms with Crippen LogP contribution in [0.3, 0.4) is 0 Å². The molecule has 2 N–H and O–H groups in total. The predicted molar refractivity (Wildman–Crippen MR) is 110 cm³/mol. The topological polar surface area (TPSA) is 69.8 Å². The molecule has 1 saturated heterocycles. The number of fused-ring (bicyclic) bond motifs is 1. The molecule has 0 aromatic carbocycles. The Kier molecular flexibility index (Phi) is 6.66. The Bertz CT molecular complexity index is 744. The molecule has 0 amide bonds. The molecule has 7 heteroatoms. The van der Waals surface area contributed by atoms with E-state index < -0.39 is 0 Å². The number of guanidine groups is 1. The Hall–Kier alpha value is -2.15. The molecule has 148 valence electrons. The Balaban J connectivity index is 1.55. The van der Waals surface area contributed by atoms with E-state index in [2.05, 4.69) is 46.5 Å². The van der Waals surface area contributed by atoms with Gasteiger partial charge in [0.25, 0.3) is 0 Å². The van der Waals surface area contributed by atoms with Gasteiger partial charge in [-0.2, -0.15) is 0 Å². The molecule has 0 bridgehead atoms. The summed E-state index contributed by atoms with van der Waals surface area (Å²) in [6, 6.07) is 5.95. The number of hydrogen-bond acceptors (Lipinski definition) is 4. The molecule has 7 nitrogen and oxygen atoms in total. The van der Waals surface area contributed by atoms with E-state index in [-0.39, 0.29) is 5.54 Å². The molecule has 0 atom stereocenters. The van der Waals surface area contributed by atoms with Crippen molar-refractivity contribution < 1.29 is 0 Å². The van der Waals surface area contributed by atoms with E-state index in [4.69, 9.17) is 4.99 Å². The van der Waals surface area contributed by atoms with Crippen LogP contribution in [0.15, 0.2) is 29.4 Å². The van der Waals surface area contributed by atoms with Gasteiger partial charge >= 0.3 is 0 Å². The summed E-state index contributed by atoms with van der Waals surface area (Å²) in [5.41, 5.74) is 0.975. The van der Waals surface area contributed by atoms with Crippen molar-refractivity contribution in [2.75, 3.05) is 32.7 Å². The second kappa shape index (κ2) is 9.17. The largest absolute Gasteiger partial charge is 0.357 e. The normalized spacial score (nSPS) is 16.6. The second-order valence-corrected chi connectivity index (χ2v) is 7.78. The van der Waals surface area contributed by atoms with Crippen molar-refractivity contribution in [2.45, 2.75) is 52.0 Å². The van der Waals surface area contributed by atoms with Gasteiger partial charge in [-0.25, -0.2) is 0 Å². The van der Waals surface area contributed by atoms with Crippen molar-refractivity contribution in [1.29, 1.82) is 0 Å². The summed E-state index contributed by atoms with van der Waals surface area (Å²) in [5, 5.41) is 15.3. The Morgan fingerprint density at radius 1 is 1.15 bits per heavy atom. The summed E-state index contributed by atoms with van der Waals surface area (Å²) in [6.45, 7) is 11.5. The number of aromatic nitrogens is 3. The van der Waals surface area contributed by atoms with E-state index in [1.807, 2.05) is 28.8 Å². The number of rotatable bonds is 7.